The van der Waals surface area contributed by atoms with Crippen molar-refractivity contribution in [2.45, 2.75) is 43.4 Å². The summed E-state index contributed by atoms with van der Waals surface area (Å²) in [6, 6.07) is 19.2. The molecule has 3 atom stereocenters. The Morgan fingerprint density at radius 1 is 1.07 bits per heavy atom. The molecule has 3 unspecified atom stereocenters. The molecule has 5 heteroatoms. The minimum Gasteiger partial charge on any atom is -0.385 e. The molecule has 28 heavy (non-hydrogen) atoms. The van der Waals surface area contributed by atoms with E-state index in [9.17, 15) is 9.90 Å². The number of hydrogen-bond acceptors (Lipinski definition) is 4. The van der Waals surface area contributed by atoms with E-state index in [0.29, 0.717) is 11.0 Å². The Hall–Kier alpha value is -2.50. The van der Waals surface area contributed by atoms with Gasteiger partial charge in [0.2, 0.25) is 0 Å². The molecule has 1 fully saturated rings. The molecule has 3 aromatic rings. The van der Waals surface area contributed by atoms with Crippen molar-refractivity contribution in [3.05, 3.63) is 91.5 Å². The van der Waals surface area contributed by atoms with Crippen LogP contribution in [0.25, 0.3) is 6.08 Å². The van der Waals surface area contributed by atoms with Crippen LogP contribution in [0.3, 0.4) is 0 Å². The van der Waals surface area contributed by atoms with Gasteiger partial charge in [-0.15, -0.1) is 0 Å². The van der Waals surface area contributed by atoms with Gasteiger partial charge in [-0.3, -0.25) is 14.4 Å². The van der Waals surface area contributed by atoms with Crippen molar-refractivity contribution in [1.82, 2.24) is 4.57 Å². The van der Waals surface area contributed by atoms with Crippen molar-refractivity contribution in [1.29, 1.82) is 0 Å². The minimum absolute atomic E-state index is 0.0705. The Morgan fingerprint density at radius 2 is 1.79 bits per heavy atom. The first-order valence-corrected chi connectivity index (χ1v) is 10.6. The lowest BCUT2D eigenvalue weighted by Gasteiger charge is -2.45. The van der Waals surface area contributed by atoms with E-state index in [-0.39, 0.29) is 11.6 Å². The van der Waals surface area contributed by atoms with Gasteiger partial charge in [0.05, 0.1) is 16.6 Å². The fourth-order valence-corrected chi connectivity index (χ4v) is 5.64. The van der Waals surface area contributed by atoms with Gasteiger partial charge in [-0.1, -0.05) is 84.8 Å². The van der Waals surface area contributed by atoms with Crippen LogP contribution in [0.1, 0.15) is 42.9 Å². The molecule has 0 amide bonds. The normalized spacial score (nSPS) is 27.0. The van der Waals surface area contributed by atoms with Crippen molar-refractivity contribution in [3.8, 4) is 0 Å². The number of benzene rings is 2. The molecule has 4 nitrogen and oxygen atoms in total. The number of fused-ring (bicyclic) bond motifs is 2. The quantitative estimate of drug-likeness (QED) is 0.731. The van der Waals surface area contributed by atoms with Gasteiger partial charge in [-0.25, -0.2) is 0 Å². The molecular formula is C23H22N2O2S. The molecule has 0 spiro atoms. The van der Waals surface area contributed by atoms with Gasteiger partial charge >= 0.3 is 0 Å². The van der Waals surface area contributed by atoms with Gasteiger partial charge in [-0.05, 0) is 30.0 Å². The first-order chi connectivity index (χ1) is 13.7. The topological polar surface area (TPSA) is 54.6 Å². The molecule has 0 bridgehead atoms. The Kier molecular flexibility index (Phi) is 4.29. The summed E-state index contributed by atoms with van der Waals surface area (Å²) in [4.78, 5) is 19.0. The summed E-state index contributed by atoms with van der Waals surface area (Å²) < 4.78 is 2.39. The van der Waals surface area contributed by atoms with Gasteiger partial charge in [0, 0.05) is 0 Å². The summed E-state index contributed by atoms with van der Waals surface area (Å²) >= 11 is 1.43. The number of hydrogen-bond donors (Lipinski definition) is 1. The minimum atomic E-state index is -1.01. The maximum atomic E-state index is 13.4. The maximum Gasteiger partial charge on any atom is 0.270 e. The molecule has 2 aromatic carbocycles. The van der Waals surface area contributed by atoms with E-state index in [1.807, 2.05) is 66.7 Å². The van der Waals surface area contributed by atoms with E-state index in [1.165, 1.54) is 11.3 Å². The summed E-state index contributed by atoms with van der Waals surface area (Å²) in [7, 11) is 0. The Morgan fingerprint density at radius 3 is 2.54 bits per heavy atom. The Bertz CT molecular complexity index is 1170. The van der Waals surface area contributed by atoms with Gasteiger partial charge in [0.1, 0.15) is 5.60 Å². The summed E-state index contributed by atoms with van der Waals surface area (Å²) in [6.45, 7) is 0. The number of aromatic nitrogens is 1. The lowest BCUT2D eigenvalue weighted by molar-refractivity contribution is -0.0560. The van der Waals surface area contributed by atoms with E-state index < -0.39 is 11.6 Å². The predicted molar refractivity (Wildman–Crippen MR) is 111 cm³/mol. The van der Waals surface area contributed by atoms with E-state index in [1.54, 1.807) is 4.57 Å². The fourth-order valence-electron chi connectivity index (χ4n) is 4.59. The number of thiazole rings is 1. The van der Waals surface area contributed by atoms with E-state index in [4.69, 9.17) is 4.99 Å². The lowest BCUT2D eigenvalue weighted by Crippen LogP contribution is -2.58. The van der Waals surface area contributed by atoms with Crippen LogP contribution >= 0.6 is 11.3 Å². The van der Waals surface area contributed by atoms with Gasteiger partial charge in [0.25, 0.3) is 5.56 Å². The molecule has 1 aliphatic carbocycles. The third-order valence-corrected chi connectivity index (χ3v) is 6.93. The third kappa shape index (κ3) is 2.77. The SMILES string of the molecule is O=c1/c(=C/c2ccccc2)sc2n1C(c1ccccc1)C1(O)CCCCC1N=2. The Labute approximate surface area is 167 Å². The largest absolute Gasteiger partial charge is 0.385 e. The second-order valence-corrected chi connectivity index (χ2v) is 8.68. The summed E-state index contributed by atoms with van der Waals surface area (Å²) in [5.74, 6) is 0. The zero-order valence-corrected chi connectivity index (χ0v) is 16.3. The molecule has 142 valence electrons. The number of nitrogens with zero attached hydrogens (tertiary/aromatic N) is 2. The second-order valence-electron chi connectivity index (χ2n) is 7.67. The molecule has 5 rings (SSSR count). The molecule has 0 saturated heterocycles. The summed E-state index contributed by atoms with van der Waals surface area (Å²) in [6.07, 6.45) is 5.48. The highest BCUT2D eigenvalue weighted by Gasteiger charge is 2.50. The van der Waals surface area contributed by atoms with Gasteiger partial charge in [0.15, 0.2) is 4.80 Å². The molecule has 1 aliphatic heterocycles. The third-order valence-electron chi connectivity index (χ3n) is 5.93. The smallest absolute Gasteiger partial charge is 0.270 e. The molecule has 2 aliphatic rings. The lowest BCUT2D eigenvalue weighted by atomic mass is 9.73. The Balaban J connectivity index is 1.77. The van der Waals surface area contributed by atoms with E-state index in [2.05, 4.69) is 0 Å². The monoisotopic (exact) mass is 390 g/mol. The zero-order chi connectivity index (χ0) is 19.1. The highest BCUT2D eigenvalue weighted by molar-refractivity contribution is 7.07. The highest BCUT2D eigenvalue weighted by Crippen LogP contribution is 2.42. The van der Waals surface area contributed by atoms with Gasteiger partial charge in [-0.2, -0.15) is 0 Å². The summed E-state index contributed by atoms with van der Waals surface area (Å²) in [5, 5.41) is 11.7. The van der Waals surface area contributed by atoms with Crippen LogP contribution < -0.4 is 14.9 Å². The van der Waals surface area contributed by atoms with Crippen LogP contribution in [-0.2, 0) is 0 Å². The average Bonchev–Trinajstić information content (AvgIpc) is 3.02. The first kappa shape index (κ1) is 17.6. The van der Waals surface area contributed by atoms with Crippen molar-refractivity contribution in [2.75, 3.05) is 0 Å². The molecule has 0 radical (unpaired) electrons. The van der Waals surface area contributed by atoms with Crippen molar-refractivity contribution < 1.29 is 5.11 Å². The van der Waals surface area contributed by atoms with Crippen molar-refractivity contribution >= 4 is 17.4 Å². The zero-order valence-electron chi connectivity index (χ0n) is 15.5. The number of rotatable bonds is 2. The van der Waals surface area contributed by atoms with Crippen LogP contribution in [0.4, 0.5) is 0 Å². The van der Waals surface area contributed by atoms with Crippen LogP contribution in [-0.4, -0.2) is 21.3 Å². The predicted octanol–water partition coefficient (Wildman–Crippen LogP) is 2.63. The molecule has 1 aromatic heterocycles. The second kappa shape index (κ2) is 6.83. The van der Waals surface area contributed by atoms with Crippen LogP contribution in [0.2, 0.25) is 0 Å². The maximum absolute atomic E-state index is 13.4. The molecule has 1 saturated carbocycles. The van der Waals surface area contributed by atoms with Crippen LogP contribution in [0.15, 0.2) is 70.5 Å². The van der Waals surface area contributed by atoms with Crippen molar-refractivity contribution in [3.63, 3.8) is 0 Å². The summed E-state index contributed by atoms with van der Waals surface area (Å²) in [5.41, 5.74) is 0.880. The van der Waals surface area contributed by atoms with Crippen LogP contribution in [0, 0.1) is 0 Å². The van der Waals surface area contributed by atoms with E-state index >= 15 is 0 Å². The first-order valence-electron chi connectivity index (χ1n) is 9.80. The number of aliphatic hydroxyl groups is 1. The highest BCUT2D eigenvalue weighted by atomic mass is 32.1. The van der Waals surface area contributed by atoms with E-state index in [0.717, 1.165) is 35.2 Å². The average molecular weight is 391 g/mol. The molecular weight excluding hydrogens is 368 g/mol. The molecule has 1 N–H and O–H groups in total. The van der Waals surface area contributed by atoms with Gasteiger partial charge < -0.3 is 5.11 Å². The van der Waals surface area contributed by atoms with Crippen molar-refractivity contribution in [2.24, 2.45) is 4.99 Å². The molecule has 2 heterocycles. The standard InChI is InChI=1S/C23H22N2O2S/c26-21-18(15-16-9-3-1-4-10-16)28-22-24-19-13-7-8-14-23(19,27)20(25(21)22)17-11-5-2-6-12-17/h1-6,9-12,15,19-20,27H,7-8,13-14H2/b18-15-. The fraction of sp³-hybridized carbons (Fsp3) is 0.304. The van der Waals surface area contributed by atoms with Crippen LogP contribution in [0.5, 0.6) is 0 Å².